The molecule has 1 rings (SSSR count). The molecule has 0 amide bonds. The average Bonchev–Trinajstić information content (AvgIpc) is 1.90. The highest BCUT2D eigenvalue weighted by molar-refractivity contribution is 5.32. The van der Waals surface area contributed by atoms with Gasteiger partial charge in [0.25, 0.3) is 0 Å². The van der Waals surface area contributed by atoms with E-state index >= 15 is 0 Å². The highest BCUT2D eigenvalue weighted by atomic mass is 14.9. The first-order chi connectivity index (χ1) is 3.93. The third kappa shape index (κ3) is 0.964. The lowest BCUT2D eigenvalue weighted by molar-refractivity contribution is 1.31. The molecule has 41 valence electrons. The van der Waals surface area contributed by atoms with Crippen LogP contribution < -0.4 is 5.32 Å². The molecule has 0 fully saturated rings. The van der Waals surface area contributed by atoms with E-state index in [0.717, 1.165) is 5.82 Å². The molecular formula is C6H7N2. The molecule has 0 aromatic carbocycles. The summed E-state index contributed by atoms with van der Waals surface area (Å²) in [6.07, 6.45) is 1.72. The SMILES string of the molecule is [CH2]Nc1ccccn1. The van der Waals surface area contributed by atoms with Crippen LogP contribution in [0.25, 0.3) is 0 Å². The van der Waals surface area contributed by atoms with Crippen LogP contribution in [0.2, 0.25) is 0 Å². The van der Waals surface area contributed by atoms with Gasteiger partial charge >= 0.3 is 0 Å². The number of nitrogens with one attached hydrogen (secondary N) is 1. The molecule has 0 saturated carbocycles. The zero-order valence-electron chi connectivity index (χ0n) is 4.46. The molecule has 0 aliphatic rings. The standard InChI is InChI=1S/C6H7N2/c1-7-6-4-2-3-5-8-6/h2-5H,1H2,(H,7,8). The predicted molar refractivity (Wildman–Crippen MR) is 33.2 cm³/mol. The number of pyridine rings is 1. The van der Waals surface area contributed by atoms with E-state index in [9.17, 15) is 0 Å². The van der Waals surface area contributed by atoms with Crippen molar-refractivity contribution in [2.75, 3.05) is 5.32 Å². The summed E-state index contributed by atoms with van der Waals surface area (Å²) in [7, 11) is 3.44. The number of hydrogen-bond donors (Lipinski definition) is 1. The zero-order chi connectivity index (χ0) is 5.82. The summed E-state index contributed by atoms with van der Waals surface area (Å²) in [5, 5.41) is 2.67. The first-order valence-electron chi connectivity index (χ1n) is 2.37. The molecule has 1 aromatic rings. The molecule has 0 bridgehead atoms. The van der Waals surface area contributed by atoms with Gasteiger partial charge in [0.15, 0.2) is 0 Å². The molecule has 0 atom stereocenters. The Hall–Kier alpha value is -1.05. The van der Waals surface area contributed by atoms with Crippen LogP contribution in [-0.2, 0) is 0 Å². The molecule has 2 nitrogen and oxygen atoms in total. The maximum absolute atomic E-state index is 3.92. The number of rotatable bonds is 1. The van der Waals surface area contributed by atoms with Gasteiger partial charge in [-0.2, -0.15) is 0 Å². The van der Waals surface area contributed by atoms with Gasteiger partial charge in [-0.1, -0.05) is 6.07 Å². The van der Waals surface area contributed by atoms with Gasteiger partial charge in [-0.3, -0.25) is 0 Å². The van der Waals surface area contributed by atoms with Gasteiger partial charge in [0.1, 0.15) is 5.82 Å². The number of anilines is 1. The molecule has 0 aliphatic carbocycles. The molecule has 0 spiro atoms. The number of aromatic nitrogens is 1. The minimum Gasteiger partial charge on any atom is -0.368 e. The second kappa shape index (κ2) is 2.31. The lowest BCUT2D eigenvalue weighted by atomic mass is 10.5. The van der Waals surface area contributed by atoms with Crippen LogP contribution >= 0.6 is 0 Å². The molecule has 0 saturated heterocycles. The van der Waals surface area contributed by atoms with Crippen LogP contribution in [0.15, 0.2) is 24.4 Å². The Morgan fingerprint density at radius 1 is 1.50 bits per heavy atom. The maximum Gasteiger partial charge on any atom is 0.125 e. The summed E-state index contributed by atoms with van der Waals surface area (Å²) in [5.41, 5.74) is 0. The van der Waals surface area contributed by atoms with Crippen LogP contribution in [-0.4, -0.2) is 4.98 Å². The lowest BCUT2D eigenvalue weighted by Crippen LogP contribution is -1.85. The molecule has 1 heterocycles. The fraction of sp³-hybridized carbons (Fsp3) is 0. The van der Waals surface area contributed by atoms with Crippen molar-refractivity contribution in [3.8, 4) is 0 Å². The van der Waals surface area contributed by atoms with Crippen LogP contribution in [0.1, 0.15) is 0 Å². The summed E-state index contributed by atoms with van der Waals surface area (Å²) in [6, 6.07) is 5.62. The normalized spacial score (nSPS) is 8.62. The maximum atomic E-state index is 3.92. The summed E-state index contributed by atoms with van der Waals surface area (Å²) < 4.78 is 0. The van der Waals surface area contributed by atoms with Gasteiger partial charge in [-0.05, 0) is 12.1 Å². The van der Waals surface area contributed by atoms with Gasteiger partial charge in [0.2, 0.25) is 0 Å². The second-order valence-corrected chi connectivity index (χ2v) is 1.39. The van der Waals surface area contributed by atoms with Crippen molar-refractivity contribution in [1.82, 2.24) is 4.98 Å². The summed E-state index contributed by atoms with van der Waals surface area (Å²) in [6.45, 7) is 0. The predicted octanol–water partition coefficient (Wildman–Crippen LogP) is 1.29. The fourth-order valence-electron chi connectivity index (χ4n) is 0.467. The smallest absolute Gasteiger partial charge is 0.125 e. The number of nitrogens with zero attached hydrogens (tertiary/aromatic N) is 1. The monoisotopic (exact) mass is 107 g/mol. The first kappa shape index (κ1) is 5.09. The van der Waals surface area contributed by atoms with E-state index in [2.05, 4.69) is 17.3 Å². The second-order valence-electron chi connectivity index (χ2n) is 1.39. The van der Waals surface area contributed by atoms with Crippen LogP contribution in [0.3, 0.4) is 0 Å². The van der Waals surface area contributed by atoms with Gasteiger partial charge in [-0.25, -0.2) is 4.98 Å². The van der Waals surface area contributed by atoms with E-state index in [1.165, 1.54) is 0 Å². The third-order valence-electron chi connectivity index (χ3n) is 0.846. The molecule has 0 unspecified atom stereocenters. The topological polar surface area (TPSA) is 24.9 Å². The van der Waals surface area contributed by atoms with E-state index in [4.69, 9.17) is 0 Å². The van der Waals surface area contributed by atoms with E-state index in [1.807, 2.05) is 18.2 Å². The quantitative estimate of drug-likeness (QED) is 0.584. The van der Waals surface area contributed by atoms with E-state index in [1.54, 1.807) is 6.20 Å². The number of hydrogen-bond acceptors (Lipinski definition) is 2. The Kier molecular flexibility index (Phi) is 1.47. The highest BCUT2D eigenvalue weighted by Gasteiger charge is 1.79. The lowest BCUT2D eigenvalue weighted by Gasteiger charge is -1.92. The summed E-state index contributed by atoms with van der Waals surface area (Å²) in [5.74, 6) is 0.799. The summed E-state index contributed by atoms with van der Waals surface area (Å²) in [4.78, 5) is 3.92. The molecule has 1 N–H and O–H groups in total. The first-order valence-corrected chi connectivity index (χ1v) is 2.37. The molecule has 1 radical (unpaired) electrons. The molecule has 1 aromatic heterocycles. The Bertz CT molecular complexity index is 148. The van der Waals surface area contributed by atoms with Gasteiger partial charge in [0.05, 0.1) is 0 Å². The van der Waals surface area contributed by atoms with Crippen molar-refractivity contribution < 1.29 is 0 Å². The summed E-state index contributed by atoms with van der Waals surface area (Å²) >= 11 is 0. The molecular weight excluding hydrogens is 100 g/mol. The van der Waals surface area contributed by atoms with Crippen LogP contribution in [0.5, 0.6) is 0 Å². The van der Waals surface area contributed by atoms with Crippen molar-refractivity contribution in [1.29, 1.82) is 0 Å². The van der Waals surface area contributed by atoms with Gasteiger partial charge < -0.3 is 5.32 Å². The Labute approximate surface area is 48.6 Å². The third-order valence-corrected chi connectivity index (χ3v) is 0.846. The van der Waals surface area contributed by atoms with Crippen molar-refractivity contribution in [3.05, 3.63) is 31.4 Å². The van der Waals surface area contributed by atoms with Crippen molar-refractivity contribution in [2.45, 2.75) is 0 Å². The average molecular weight is 107 g/mol. The van der Waals surface area contributed by atoms with E-state index < -0.39 is 0 Å². The zero-order valence-corrected chi connectivity index (χ0v) is 4.46. The van der Waals surface area contributed by atoms with E-state index in [-0.39, 0.29) is 0 Å². The Morgan fingerprint density at radius 2 is 2.38 bits per heavy atom. The van der Waals surface area contributed by atoms with Crippen molar-refractivity contribution in [3.63, 3.8) is 0 Å². The fourth-order valence-corrected chi connectivity index (χ4v) is 0.467. The molecule has 8 heavy (non-hydrogen) atoms. The molecule has 0 aliphatic heterocycles. The van der Waals surface area contributed by atoms with E-state index in [0.29, 0.717) is 0 Å². The van der Waals surface area contributed by atoms with Crippen LogP contribution in [0, 0.1) is 7.05 Å². The highest BCUT2D eigenvalue weighted by Crippen LogP contribution is 1.96. The molecule has 2 heteroatoms. The Morgan fingerprint density at radius 3 is 2.75 bits per heavy atom. The van der Waals surface area contributed by atoms with Gasteiger partial charge in [0, 0.05) is 13.2 Å². The minimum absolute atomic E-state index is 0.799. The Balaban J connectivity index is 2.83. The van der Waals surface area contributed by atoms with Gasteiger partial charge in [-0.15, -0.1) is 0 Å². The van der Waals surface area contributed by atoms with Crippen molar-refractivity contribution >= 4 is 5.82 Å². The van der Waals surface area contributed by atoms with Crippen molar-refractivity contribution in [2.24, 2.45) is 0 Å². The minimum atomic E-state index is 0.799. The van der Waals surface area contributed by atoms with Crippen LogP contribution in [0.4, 0.5) is 5.82 Å². The largest absolute Gasteiger partial charge is 0.368 e.